The standard InChI is InChI=1S/C12H14ClN3/c1-8(2)10-4-5-12(11(13)6-10)16-7-14-9(3)15-16/h4-8H,1-3H3. The van der Waals surface area contributed by atoms with Crippen molar-refractivity contribution < 1.29 is 0 Å². The minimum absolute atomic E-state index is 0.476. The predicted molar refractivity (Wildman–Crippen MR) is 65.2 cm³/mol. The van der Waals surface area contributed by atoms with Crippen molar-refractivity contribution in [3.63, 3.8) is 0 Å². The molecule has 0 N–H and O–H groups in total. The van der Waals surface area contributed by atoms with Gasteiger partial charge < -0.3 is 0 Å². The molecule has 3 nitrogen and oxygen atoms in total. The minimum Gasteiger partial charge on any atom is -0.220 e. The highest BCUT2D eigenvalue weighted by Gasteiger charge is 2.07. The molecule has 0 radical (unpaired) electrons. The van der Waals surface area contributed by atoms with E-state index in [0.717, 1.165) is 11.5 Å². The van der Waals surface area contributed by atoms with Gasteiger partial charge in [-0.1, -0.05) is 31.5 Å². The van der Waals surface area contributed by atoms with Crippen molar-refractivity contribution in [2.75, 3.05) is 0 Å². The summed E-state index contributed by atoms with van der Waals surface area (Å²) in [5.41, 5.74) is 2.09. The van der Waals surface area contributed by atoms with Crippen molar-refractivity contribution in [3.05, 3.63) is 40.9 Å². The molecule has 0 atom stereocenters. The van der Waals surface area contributed by atoms with E-state index < -0.39 is 0 Å². The Morgan fingerprint density at radius 3 is 2.56 bits per heavy atom. The molecule has 0 aliphatic carbocycles. The molecular weight excluding hydrogens is 222 g/mol. The summed E-state index contributed by atoms with van der Waals surface area (Å²) in [7, 11) is 0. The van der Waals surface area contributed by atoms with Crippen LogP contribution in [-0.2, 0) is 0 Å². The Hall–Kier alpha value is -1.35. The Morgan fingerprint density at radius 2 is 2.06 bits per heavy atom. The highest BCUT2D eigenvalue weighted by molar-refractivity contribution is 6.32. The molecule has 0 aliphatic heterocycles. The number of hydrogen-bond donors (Lipinski definition) is 0. The monoisotopic (exact) mass is 235 g/mol. The van der Waals surface area contributed by atoms with E-state index in [1.54, 1.807) is 11.0 Å². The van der Waals surface area contributed by atoms with Crippen molar-refractivity contribution in [2.45, 2.75) is 26.7 Å². The molecule has 2 rings (SSSR count). The van der Waals surface area contributed by atoms with Crippen LogP contribution in [0.4, 0.5) is 0 Å². The molecule has 0 spiro atoms. The molecule has 0 bridgehead atoms. The van der Waals surface area contributed by atoms with Gasteiger partial charge in [-0.2, -0.15) is 5.10 Å². The Kier molecular flexibility index (Phi) is 2.97. The Bertz CT molecular complexity index is 503. The maximum atomic E-state index is 6.23. The summed E-state index contributed by atoms with van der Waals surface area (Å²) in [6.07, 6.45) is 1.67. The second-order valence-electron chi connectivity index (χ2n) is 4.10. The van der Waals surface area contributed by atoms with Crippen molar-refractivity contribution >= 4 is 11.6 Å². The summed E-state index contributed by atoms with van der Waals surface area (Å²) >= 11 is 6.23. The summed E-state index contributed by atoms with van der Waals surface area (Å²) < 4.78 is 1.70. The summed E-state index contributed by atoms with van der Waals surface area (Å²) in [6.45, 7) is 6.14. The van der Waals surface area contributed by atoms with E-state index in [-0.39, 0.29) is 0 Å². The third-order valence-electron chi connectivity index (χ3n) is 2.49. The predicted octanol–water partition coefficient (Wildman–Crippen LogP) is 3.35. The van der Waals surface area contributed by atoms with E-state index in [0.29, 0.717) is 10.9 Å². The summed E-state index contributed by atoms with van der Waals surface area (Å²) in [4.78, 5) is 4.08. The number of halogens is 1. The first kappa shape index (κ1) is 11.1. The molecule has 2 aromatic rings. The van der Waals surface area contributed by atoms with Gasteiger partial charge in [0.2, 0.25) is 0 Å². The molecule has 84 valence electrons. The Morgan fingerprint density at radius 1 is 1.31 bits per heavy atom. The lowest BCUT2D eigenvalue weighted by molar-refractivity contribution is 0.847. The highest BCUT2D eigenvalue weighted by Crippen LogP contribution is 2.24. The van der Waals surface area contributed by atoms with Gasteiger partial charge in [0.1, 0.15) is 12.2 Å². The van der Waals surface area contributed by atoms with E-state index in [1.165, 1.54) is 5.56 Å². The van der Waals surface area contributed by atoms with Crippen LogP contribution in [-0.4, -0.2) is 14.8 Å². The quantitative estimate of drug-likeness (QED) is 0.799. The van der Waals surface area contributed by atoms with Crippen molar-refractivity contribution in [1.82, 2.24) is 14.8 Å². The van der Waals surface area contributed by atoms with E-state index in [2.05, 4.69) is 30.0 Å². The number of aromatic nitrogens is 3. The summed E-state index contributed by atoms with van der Waals surface area (Å²) in [5.74, 6) is 1.22. The topological polar surface area (TPSA) is 30.7 Å². The first-order valence-corrected chi connectivity index (χ1v) is 5.64. The largest absolute Gasteiger partial charge is 0.220 e. The van der Waals surface area contributed by atoms with Crippen molar-refractivity contribution in [3.8, 4) is 5.69 Å². The lowest BCUT2D eigenvalue weighted by Crippen LogP contribution is -1.97. The Balaban J connectivity index is 2.44. The smallest absolute Gasteiger partial charge is 0.147 e. The molecule has 16 heavy (non-hydrogen) atoms. The van der Waals surface area contributed by atoms with Gasteiger partial charge >= 0.3 is 0 Å². The third-order valence-corrected chi connectivity index (χ3v) is 2.79. The first-order valence-electron chi connectivity index (χ1n) is 5.26. The van der Waals surface area contributed by atoms with Crippen LogP contribution in [0.3, 0.4) is 0 Å². The number of benzene rings is 1. The zero-order valence-corrected chi connectivity index (χ0v) is 10.4. The molecule has 0 saturated carbocycles. The number of hydrogen-bond acceptors (Lipinski definition) is 2. The second kappa shape index (κ2) is 4.26. The molecule has 0 aliphatic rings. The fraction of sp³-hybridized carbons (Fsp3) is 0.333. The molecule has 1 aromatic heterocycles. The van der Waals surface area contributed by atoms with E-state index in [4.69, 9.17) is 11.6 Å². The zero-order chi connectivity index (χ0) is 11.7. The van der Waals surface area contributed by atoms with Crippen LogP contribution in [0, 0.1) is 6.92 Å². The molecule has 0 unspecified atom stereocenters. The third kappa shape index (κ3) is 2.09. The van der Waals surface area contributed by atoms with Crippen LogP contribution < -0.4 is 0 Å². The van der Waals surface area contributed by atoms with Gasteiger partial charge in [0.05, 0.1) is 10.7 Å². The van der Waals surface area contributed by atoms with Crippen molar-refractivity contribution in [1.29, 1.82) is 0 Å². The van der Waals surface area contributed by atoms with Crippen LogP contribution >= 0.6 is 11.6 Å². The molecule has 4 heteroatoms. The molecule has 0 saturated heterocycles. The average molecular weight is 236 g/mol. The fourth-order valence-electron chi connectivity index (χ4n) is 1.53. The van der Waals surface area contributed by atoms with Gasteiger partial charge in [0.25, 0.3) is 0 Å². The second-order valence-corrected chi connectivity index (χ2v) is 4.51. The normalized spacial score (nSPS) is 11.1. The summed E-state index contributed by atoms with van der Waals surface area (Å²) in [6, 6.07) is 6.03. The van der Waals surface area contributed by atoms with Crippen LogP contribution in [0.1, 0.15) is 31.2 Å². The lowest BCUT2D eigenvalue weighted by atomic mass is 10.0. The molecule has 1 heterocycles. The van der Waals surface area contributed by atoms with Gasteiger partial charge in [0, 0.05) is 0 Å². The molecule has 0 fully saturated rings. The van der Waals surface area contributed by atoms with Crippen LogP contribution in [0.15, 0.2) is 24.5 Å². The molecule has 1 aromatic carbocycles. The van der Waals surface area contributed by atoms with Gasteiger partial charge in [0.15, 0.2) is 0 Å². The molecular formula is C12H14ClN3. The molecule has 0 amide bonds. The van der Waals surface area contributed by atoms with Crippen LogP contribution in [0.2, 0.25) is 5.02 Å². The van der Waals surface area contributed by atoms with Gasteiger partial charge in [-0.3, -0.25) is 0 Å². The number of nitrogens with zero attached hydrogens (tertiary/aromatic N) is 3. The summed E-state index contributed by atoms with van der Waals surface area (Å²) in [5, 5.41) is 4.94. The van der Waals surface area contributed by atoms with Gasteiger partial charge in [-0.15, -0.1) is 0 Å². The maximum absolute atomic E-state index is 6.23. The average Bonchev–Trinajstić information content (AvgIpc) is 2.64. The Labute approximate surface area is 100 Å². The number of rotatable bonds is 2. The first-order chi connectivity index (χ1) is 7.58. The van der Waals surface area contributed by atoms with E-state index in [1.807, 2.05) is 19.1 Å². The number of aryl methyl sites for hydroxylation is 1. The van der Waals surface area contributed by atoms with Gasteiger partial charge in [-0.25, -0.2) is 9.67 Å². The lowest BCUT2D eigenvalue weighted by Gasteiger charge is -2.09. The van der Waals surface area contributed by atoms with Crippen molar-refractivity contribution in [2.24, 2.45) is 0 Å². The highest BCUT2D eigenvalue weighted by atomic mass is 35.5. The SMILES string of the molecule is Cc1ncn(-c2ccc(C(C)C)cc2Cl)n1. The minimum atomic E-state index is 0.476. The zero-order valence-electron chi connectivity index (χ0n) is 9.61. The maximum Gasteiger partial charge on any atom is 0.147 e. The van der Waals surface area contributed by atoms with E-state index in [9.17, 15) is 0 Å². The fourth-order valence-corrected chi connectivity index (χ4v) is 1.81. The van der Waals surface area contributed by atoms with Crippen LogP contribution in [0.25, 0.3) is 5.69 Å². The van der Waals surface area contributed by atoms with Crippen LogP contribution in [0.5, 0.6) is 0 Å². The van der Waals surface area contributed by atoms with Gasteiger partial charge in [-0.05, 0) is 30.5 Å². The van der Waals surface area contributed by atoms with E-state index >= 15 is 0 Å².